The average Bonchev–Trinajstić information content (AvgIpc) is 3.18. The lowest BCUT2D eigenvalue weighted by Gasteiger charge is -2.26. The minimum Gasteiger partial charge on any atom is -0.486 e. The molecular formula is C19H15F2NO4S2. The van der Waals surface area contributed by atoms with Gasteiger partial charge in [0.15, 0.2) is 16.4 Å². The number of benzene rings is 2. The van der Waals surface area contributed by atoms with Crippen LogP contribution in [0.15, 0.2) is 58.8 Å². The van der Waals surface area contributed by atoms with Gasteiger partial charge in [-0.15, -0.1) is 11.3 Å². The maximum absolute atomic E-state index is 14.3. The van der Waals surface area contributed by atoms with E-state index in [1.165, 1.54) is 23.5 Å². The van der Waals surface area contributed by atoms with Gasteiger partial charge < -0.3 is 9.47 Å². The summed E-state index contributed by atoms with van der Waals surface area (Å²) in [4.78, 5) is -0.267. The van der Waals surface area contributed by atoms with Gasteiger partial charge in [0.1, 0.15) is 24.8 Å². The minimum absolute atomic E-state index is 0.0760. The third-order valence-electron chi connectivity index (χ3n) is 4.16. The van der Waals surface area contributed by atoms with Gasteiger partial charge in [-0.05, 0) is 35.7 Å². The zero-order valence-corrected chi connectivity index (χ0v) is 16.1. The highest BCUT2D eigenvalue weighted by Gasteiger charge is 2.32. The summed E-state index contributed by atoms with van der Waals surface area (Å²) in [7, 11) is -4.52. The van der Waals surface area contributed by atoms with Crippen LogP contribution in [0.1, 0.15) is 4.88 Å². The summed E-state index contributed by atoms with van der Waals surface area (Å²) in [6.45, 7) is 0.646. The van der Waals surface area contributed by atoms with Gasteiger partial charge in [0.25, 0.3) is 10.0 Å². The summed E-state index contributed by atoms with van der Waals surface area (Å²) < 4.78 is 67.0. The molecule has 0 atom stereocenters. The third kappa shape index (κ3) is 3.43. The van der Waals surface area contributed by atoms with Gasteiger partial charge in [0.2, 0.25) is 0 Å². The molecule has 0 radical (unpaired) electrons. The van der Waals surface area contributed by atoms with Crippen LogP contribution in [-0.2, 0) is 16.6 Å². The van der Waals surface area contributed by atoms with E-state index in [0.29, 0.717) is 24.7 Å². The smallest absolute Gasteiger partial charge is 0.270 e. The molecule has 0 N–H and O–H groups in total. The van der Waals surface area contributed by atoms with E-state index in [9.17, 15) is 17.2 Å². The summed E-state index contributed by atoms with van der Waals surface area (Å²) in [6, 6.07) is 11.1. The number of thiophene rings is 1. The lowest BCUT2D eigenvalue weighted by Crippen LogP contribution is -2.32. The molecule has 0 saturated heterocycles. The minimum atomic E-state index is -4.52. The summed E-state index contributed by atoms with van der Waals surface area (Å²) >= 11 is 1.34. The highest BCUT2D eigenvalue weighted by atomic mass is 32.2. The molecule has 0 unspecified atom stereocenters. The van der Waals surface area contributed by atoms with E-state index in [1.54, 1.807) is 23.6 Å². The Morgan fingerprint density at radius 1 is 0.964 bits per heavy atom. The zero-order chi connectivity index (χ0) is 19.7. The molecule has 3 aromatic rings. The first-order valence-corrected chi connectivity index (χ1v) is 10.7. The number of halogens is 2. The number of sulfonamides is 1. The first-order valence-electron chi connectivity index (χ1n) is 8.35. The Morgan fingerprint density at radius 2 is 1.68 bits per heavy atom. The molecule has 0 amide bonds. The Bertz CT molecular complexity index is 1080. The molecule has 5 nitrogen and oxygen atoms in total. The van der Waals surface area contributed by atoms with E-state index in [-0.39, 0.29) is 12.2 Å². The molecule has 2 heterocycles. The topological polar surface area (TPSA) is 55.8 Å². The lowest BCUT2D eigenvalue weighted by molar-refractivity contribution is 0.171. The second-order valence-electron chi connectivity index (χ2n) is 5.97. The van der Waals surface area contributed by atoms with E-state index in [4.69, 9.17) is 9.47 Å². The maximum Gasteiger partial charge on any atom is 0.270 e. The van der Waals surface area contributed by atoms with Crippen molar-refractivity contribution >= 4 is 27.0 Å². The molecule has 146 valence electrons. The monoisotopic (exact) mass is 423 g/mol. The summed E-state index contributed by atoms with van der Waals surface area (Å²) in [5.41, 5.74) is 0.223. The molecule has 0 saturated carbocycles. The average molecular weight is 423 g/mol. The van der Waals surface area contributed by atoms with Crippen molar-refractivity contribution in [3.8, 4) is 11.5 Å². The maximum atomic E-state index is 14.3. The summed E-state index contributed by atoms with van der Waals surface area (Å²) in [6.07, 6.45) is 0. The van der Waals surface area contributed by atoms with Gasteiger partial charge in [-0.3, -0.25) is 4.31 Å². The molecule has 28 heavy (non-hydrogen) atoms. The fraction of sp³-hybridized carbons (Fsp3) is 0.158. The molecular weight excluding hydrogens is 408 g/mol. The van der Waals surface area contributed by atoms with Crippen LogP contribution in [0.2, 0.25) is 0 Å². The second-order valence-corrected chi connectivity index (χ2v) is 8.80. The number of hydrogen-bond donors (Lipinski definition) is 0. The van der Waals surface area contributed by atoms with Crippen LogP contribution in [0.4, 0.5) is 14.5 Å². The van der Waals surface area contributed by atoms with Crippen LogP contribution in [0, 0.1) is 11.6 Å². The molecule has 0 aliphatic carbocycles. The Labute approximate surface area is 164 Å². The first-order chi connectivity index (χ1) is 13.5. The van der Waals surface area contributed by atoms with E-state index in [2.05, 4.69) is 0 Å². The molecule has 0 fully saturated rings. The summed E-state index contributed by atoms with van der Waals surface area (Å²) in [5, 5.41) is 1.80. The first kappa shape index (κ1) is 18.7. The van der Waals surface area contributed by atoms with Crippen molar-refractivity contribution < 1.29 is 26.7 Å². The van der Waals surface area contributed by atoms with E-state index in [1.807, 2.05) is 0 Å². The predicted molar refractivity (Wildman–Crippen MR) is 101 cm³/mol. The fourth-order valence-electron chi connectivity index (χ4n) is 2.89. The van der Waals surface area contributed by atoms with E-state index >= 15 is 0 Å². The van der Waals surface area contributed by atoms with Crippen LogP contribution in [0.25, 0.3) is 0 Å². The molecule has 1 aromatic heterocycles. The van der Waals surface area contributed by atoms with Crippen molar-refractivity contribution in [2.24, 2.45) is 0 Å². The standard InChI is InChI=1S/C19H15F2NO4S2/c20-15-4-1-5-16(21)19(15)28(23,24)22(12-14-3-2-10-27-14)13-6-7-17-18(11-13)26-9-8-25-17/h1-7,10-11H,8-9,12H2. The van der Waals surface area contributed by atoms with E-state index < -0.39 is 26.6 Å². The van der Waals surface area contributed by atoms with Crippen LogP contribution >= 0.6 is 11.3 Å². The van der Waals surface area contributed by atoms with Crippen LogP contribution in [0.3, 0.4) is 0 Å². The van der Waals surface area contributed by atoms with Gasteiger partial charge in [0, 0.05) is 10.9 Å². The SMILES string of the molecule is O=S(=O)(c1c(F)cccc1F)N(Cc1cccs1)c1ccc2c(c1)OCCO2. The number of nitrogens with zero attached hydrogens (tertiary/aromatic N) is 1. The molecule has 0 bridgehead atoms. The van der Waals surface area contributed by atoms with Gasteiger partial charge in [0.05, 0.1) is 12.2 Å². The number of fused-ring (bicyclic) bond motifs is 1. The molecule has 9 heteroatoms. The molecule has 1 aliphatic heterocycles. The Morgan fingerprint density at radius 3 is 2.36 bits per heavy atom. The number of rotatable bonds is 5. The van der Waals surface area contributed by atoms with E-state index in [0.717, 1.165) is 27.4 Å². The quantitative estimate of drug-likeness (QED) is 0.618. The Hall–Kier alpha value is -2.65. The molecule has 2 aromatic carbocycles. The van der Waals surface area contributed by atoms with Gasteiger partial charge >= 0.3 is 0 Å². The van der Waals surface area contributed by atoms with Crippen molar-refractivity contribution in [3.05, 3.63) is 70.4 Å². The van der Waals surface area contributed by atoms with Crippen molar-refractivity contribution in [1.82, 2.24) is 0 Å². The lowest BCUT2D eigenvalue weighted by atomic mass is 10.2. The van der Waals surface area contributed by atoms with Crippen molar-refractivity contribution in [2.45, 2.75) is 11.4 Å². The fourth-order valence-corrected chi connectivity index (χ4v) is 5.21. The van der Waals surface area contributed by atoms with Crippen molar-refractivity contribution in [1.29, 1.82) is 0 Å². The number of hydrogen-bond acceptors (Lipinski definition) is 5. The third-order valence-corrected chi connectivity index (χ3v) is 6.85. The normalized spacial score (nSPS) is 13.4. The number of anilines is 1. The van der Waals surface area contributed by atoms with Gasteiger partial charge in [-0.1, -0.05) is 12.1 Å². The largest absolute Gasteiger partial charge is 0.486 e. The second kappa shape index (κ2) is 7.40. The highest BCUT2D eigenvalue weighted by molar-refractivity contribution is 7.92. The van der Waals surface area contributed by atoms with Gasteiger partial charge in [-0.2, -0.15) is 0 Å². The van der Waals surface area contributed by atoms with Crippen LogP contribution in [-0.4, -0.2) is 21.6 Å². The molecule has 4 rings (SSSR count). The van der Waals surface area contributed by atoms with Crippen molar-refractivity contribution in [3.63, 3.8) is 0 Å². The van der Waals surface area contributed by atoms with Crippen LogP contribution < -0.4 is 13.8 Å². The summed E-state index contributed by atoms with van der Waals surface area (Å²) in [5.74, 6) is -1.42. The molecule has 1 aliphatic rings. The van der Waals surface area contributed by atoms with Crippen molar-refractivity contribution in [2.75, 3.05) is 17.5 Å². The Balaban J connectivity index is 1.84. The Kier molecular flexibility index (Phi) is 4.94. The highest BCUT2D eigenvalue weighted by Crippen LogP contribution is 2.37. The predicted octanol–water partition coefficient (Wildman–Crippen LogP) is 4.19. The molecule has 0 spiro atoms. The van der Waals surface area contributed by atoms with Crippen LogP contribution in [0.5, 0.6) is 11.5 Å². The van der Waals surface area contributed by atoms with Gasteiger partial charge in [-0.25, -0.2) is 17.2 Å². The zero-order valence-electron chi connectivity index (χ0n) is 14.5. The number of ether oxygens (including phenoxy) is 2.